The van der Waals surface area contributed by atoms with Crippen molar-refractivity contribution in [1.29, 1.82) is 0 Å². The first-order valence-electron chi connectivity index (χ1n) is 43.1. The molecule has 6 heteroatoms. The molecule has 0 atom stereocenters. The van der Waals surface area contributed by atoms with Crippen molar-refractivity contribution in [3.05, 3.63) is 506 Å². The smallest absolute Gasteiger partial charge is 0.0725 e. The Labute approximate surface area is 730 Å². The molecule has 586 valence electrons. The Kier molecular flexibility index (Phi) is 17.6. The average molecular weight is 1600 g/mol. The Balaban J connectivity index is 0.000000141. The van der Waals surface area contributed by atoms with Crippen molar-refractivity contribution in [3.8, 4) is 145 Å². The van der Waals surface area contributed by atoms with E-state index in [1.165, 1.54) is 143 Å². The predicted octanol–water partition coefficient (Wildman–Crippen LogP) is 29.7. The number of rotatable bonds is 12. The molecule has 0 radical (unpaired) electrons. The van der Waals surface area contributed by atoms with E-state index < -0.39 is 10.8 Å². The Morgan fingerprint density at radius 3 is 0.698 bits per heavy atom. The van der Waals surface area contributed by atoms with E-state index in [1.807, 2.05) is 97.8 Å². The van der Waals surface area contributed by atoms with Gasteiger partial charge in [0.05, 0.1) is 45.0 Å². The van der Waals surface area contributed by atoms with E-state index in [0.717, 1.165) is 89.8 Å². The zero-order chi connectivity index (χ0) is 83.2. The third-order valence-corrected chi connectivity index (χ3v) is 26.3. The quantitative estimate of drug-likeness (QED) is 0.113. The second kappa shape index (κ2) is 30.3. The molecule has 6 nitrogen and oxygen atoms in total. The maximum atomic E-state index is 5.26. The number of aromatic nitrogens is 6. The van der Waals surface area contributed by atoms with E-state index >= 15 is 0 Å². The number of fused-ring (bicyclic) bond motifs is 17. The lowest BCUT2D eigenvalue weighted by Crippen LogP contribution is -2.28. The van der Waals surface area contributed by atoms with Crippen LogP contribution < -0.4 is 0 Å². The van der Waals surface area contributed by atoms with Gasteiger partial charge in [0.1, 0.15) is 0 Å². The summed E-state index contributed by atoms with van der Waals surface area (Å²) in [5.41, 5.74) is 38.4. The van der Waals surface area contributed by atoms with Crippen LogP contribution in [0.1, 0.15) is 44.5 Å². The number of hydrogen-bond acceptors (Lipinski definition) is 6. The van der Waals surface area contributed by atoms with Crippen molar-refractivity contribution in [1.82, 2.24) is 29.9 Å². The van der Waals surface area contributed by atoms with E-state index in [2.05, 4.69) is 384 Å². The fourth-order valence-electron chi connectivity index (χ4n) is 21.0. The molecule has 0 saturated heterocycles. The van der Waals surface area contributed by atoms with Crippen LogP contribution in [0.5, 0.6) is 0 Å². The van der Waals surface area contributed by atoms with E-state index in [-0.39, 0.29) is 0 Å². The van der Waals surface area contributed by atoms with Gasteiger partial charge >= 0.3 is 0 Å². The monoisotopic (exact) mass is 1600 g/mol. The topological polar surface area (TPSA) is 77.3 Å². The molecule has 3 aliphatic carbocycles. The van der Waals surface area contributed by atoms with Gasteiger partial charge in [-0.05, 0) is 264 Å². The van der Waals surface area contributed by atoms with E-state index in [4.69, 9.17) is 9.97 Å². The molecular formula is C120H76N6. The largest absolute Gasteiger partial charge is 0.256 e. The fraction of sp³-hybridized carbons (Fsp3) is 0.0167. The third kappa shape index (κ3) is 11.8. The van der Waals surface area contributed by atoms with Crippen LogP contribution in [-0.4, -0.2) is 29.9 Å². The van der Waals surface area contributed by atoms with Crippen LogP contribution in [0.3, 0.4) is 0 Å². The summed E-state index contributed by atoms with van der Waals surface area (Å²) >= 11 is 0. The molecule has 0 unspecified atom stereocenters. The summed E-state index contributed by atoms with van der Waals surface area (Å²) < 4.78 is 0. The van der Waals surface area contributed by atoms with Crippen molar-refractivity contribution in [2.24, 2.45) is 0 Å². The standard InChI is InChI=1S/C60H37N3.C60H39N3/c1-3-20-49-47(18-1)58(38-27-29-46-45-17-7-10-24-53(45)60(54(46)36-38)51-22-8-5-15-43(51)44-16-6-9-23-52(44)60)48-19-2-4-21-50(48)59(49)57-30-28-39(37-63-57)40-33-41(55-25-11-13-31-61-55)35-42(34-40)56-26-12-14-32-62-56;1-3-17-45(18-4-1)60(46-19-5-2-6-20-46)53-26-12-11-21-47(53)48-31-29-40(38-54(48)60)58-49-22-7-9-24-51(49)59(52-25-10-8-23-50(52)58)57-32-30-41(39-63-57)42-35-43(55-27-13-15-33-61-55)37-44(36-42)56-28-14-16-34-62-56/h1-37H;1-39H. The zero-order valence-corrected chi connectivity index (χ0v) is 68.6. The lowest BCUT2D eigenvalue weighted by atomic mass is 9.67. The highest BCUT2D eigenvalue weighted by molar-refractivity contribution is 6.23. The molecule has 3 aliphatic rings. The molecule has 0 saturated carbocycles. The molecule has 0 fully saturated rings. The van der Waals surface area contributed by atoms with E-state index in [9.17, 15) is 0 Å². The average Bonchev–Trinajstić information content (AvgIpc) is 1.51. The van der Waals surface area contributed by atoms with Crippen LogP contribution in [0.2, 0.25) is 0 Å². The minimum absolute atomic E-state index is 0.415. The second-order valence-electron chi connectivity index (χ2n) is 32.9. The fourth-order valence-corrected chi connectivity index (χ4v) is 21.0. The van der Waals surface area contributed by atoms with Gasteiger partial charge < -0.3 is 0 Å². The van der Waals surface area contributed by atoms with Crippen molar-refractivity contribution < 1.29 is 0 Å². The molecule has 22 aromatic rings. The molecule has 16 aromatic carbocycles. The minimum atomic E-state index is -0.489. The summed E-state index contributed by atoms with van der Waals surface area (Å²) in [7, 11) is 0. The van der Waals surface area contributed by atoms with Gasteiger partial charge in [-0.25, -0.2) is 0 Å². The van der Waals surface area contributed by atoms with Gasteiger partial charge in [0.15, 0.2) is 0 Å². The molecule has 0 N–H and O–H groups in total. The van der Waals surface area contributed by atoms with Crippen molar-refractivity contribution in [3.63, 3.8) is 0 Å². The summed E-state index contributed by atoms with van der Waals surface area (Å²) in [6.45, 7) is 0. The van der Waals surface area contributed by atoms with Gasteiger partial charge in [-0.15, -0.1) is 0 Å². The van der Waals surface area contributed by atoms with Crippen LogP contribution >= 0.6 is 0 Å². The first-order valence-corrected chi connectivity index (χ1v) is 43.1. The SMILES string of the molecule is c1ccc(-c2cc(-c3ccc(-c4c5ccccc5c(-c5ccc6c(c5)C5(c7ccccc7-c7ccccc75)c5ccccc5-6)c5ccccc45)nc3)cc(-c3ccccn3)c2)nc1.c1ccc(C2(c3ccccc3)c3ccccc3-c3ccc(-c4c5ccccc5c(-c5ccc(-c6cc(-c7ccccn7)cc(-c7ccccn7)c6)cn5)c5ccccc45)cc32)cc1. The van der Waals surface area contributed by atoms with Gasteiger partial charge in [0.25, 0.3) is 0 Å². The Hall–Kier alpha value is -16.5. The summed E-state index contributed by atoms with van der Waals surface area (Å²) in [5.74, 6) is 0. The summed E-state index contributed by atoms with van der Waals surface area (Å²) in [6.07, 6.45) is 11.4. The highest BCUT2D eigenvalue weighted by Crippen LogP contribution is 2.64. The molecule has 0 bridgehead atoms. The number of nitrogens with zero attached hydrogens (tertiary/aromatic N) is 6. The highest BCUT2D eigenvalue weighted by atomic mass is 14.7. The molecule has 6 aromatic heterocycles. The van der Waals surface area contributed by atoms with Gasteiger partial charge in [0, 0.05) is 81.7 Å². The maximum absolute atomic E-state index is 5.26. The molecule has 1 spiro atoms. The van der Waals surface area contributed by atoms with Crippen molar-refractivity contribution in [2.75, 3.05) is 0 Å². The highest BCUT2D eigenvalue weighted by Gasteiger charge is 2.52. The molecule has 0 aliphatic heterocycles. The van der Waals surface area contributed by atoms with Gasteiger partial charge in [-0.1, -0.05) is 315 Å². The van der Waals surface area contributed by atoms with Crippen molar-refractivity contribution >= 4 is 43.1 Å². The summed E-state index contributed by atoms with van der Waals surface area (Å²) in [5, 5.41) is 9.49. The number of hydrogen-bond donors (Lipinski definition) is 0. The minimum Gasteiger partial charge on any atom is -0.256 e. The predicted molar refractivity (Wildman–Crippen MR) is 518 cm³/mol. The van der Waals surface area contributed by atoms with E-state index in [1.54, 1.807) is 0 Å². The van der Waals surface area contributed by atoms with E-state index in [0.29, 0.717) is 0 Å². The molecular weight excluding hydrogens is 1530 g/mol. The van der Waals surface area contributed by atoms with Crippen LogP contribution in [0, 0.1) is 0 Å². The lowest BCUT2D eigenvalue weighted by Gasteiger charge is -2.34. The summed E-state index contributed by atoms with van der Waals surface area (Å²) in [4.78, 5) is 29.3. The molecule has 6 heterocycles. The first kappa shape index (κ1) is 73.4. The molecule has 126 heavy (non-hydrogen) atoms. The Bertz CT molecular complexity index is 7310. The summed E-state index contributed by atoms with van der Waals surface area (Å²) in [6, 6.07) is 154. The van der Waals surface area contributed by atoms with Crippen molar-refractivity contribution in [2.45, 2.75) is 10.8 Å². The number of pyridine rings is 6. The maximum Gasteiger partial charge on any atom is 0.0725 e. The third-order valence-electron chi connectivity index (χ3n) is 26.3. The van der Waals surface area contributed by atoms with Crippen LogP contribution in [-0.2, 0) is 10.8 Å². The zero-order valence-electron chi connectivity index (χ0n) is 68.6. The van der Waals surface area contributed by atoms with Crippen LogP contribution in [0.25, 0.3) is 189 Å². The normalized spacial score (nSPS) is 12.7. The second-order valence-corrected chi connectivity index (χ2v) is 32.9. The Morgan fingerprint density at radius 1 is 0.143 bits per heavy atom. The van der Waals surface area contributed by atoms with Gasteiger partial charge in [-0.3, -0.25) is 29.9 Å². The number of benzene rings is 16. The van der Waals surface area contributed by atoms with Gasteiger partial charge in [-0.2, -0.15) is 0 Å². The molecule has 0 amide bonds. The van der Waals surface area contributed by atoms with Gasteiger partial charge in [0.2, 0.25) is 0 Å². The lowest BCUT2D eigenvalue weighted by molar-refractivity contribution is 0.769. The van der Waals surface area contributed by atoms with Crippen LogP contribution in [0.15, 0.2) is 462 Å². The first-order chi connectivity index (χ1) is 62.5. The molecule has 25 rings (SSSR count). The van der Waals surface area contributed by atoms with Crippen LogP contribution in [0.4, 0.5) is 0 Å². The Morgan fingerprint density at radius 2 is 0.397 bits per heavy atom.